The number of ketones is 2. The number of carbonyl (C=O) groups excluding carboxylic acids is 5. The number of nitrogens with zero attached hydrogens (tertiary/aromatic N) is 2. The SMILES string of the molecule is CCC[C@H](NC(=O)[C@@H]1C[C@]2(CC(c3cccc(Cl)c3)=NO2)CN1C(=O)[C@@H](NC(=O)CC1CCCC1)C(C)(C)C)C(=O)C(C)=O. The Balaban J connectivity index is 1.61. The molecule has 0 aromatic heterocycles. The second kappa shape index (κ2) is 13.8. The van der Waals surface area contributed by atoms with Crippen LogP contribution in [-0.2, 0) is 28.8 Å². The molecular weight excluding hydrogens is 584 g/mol. The van der Waals surface area contributed by atoms with Crippen LogP contribution in [0.15, 0.2) is 29.4 Å². The molecule has 4 atom stereocenters. The smallest absolute Gasteiger partial charge is 0.246 e. The molecule has 2 aliphatic heterocycles. The zero-order valence-electron chi connectivity index (χ0n) is 26.4. The molecular formula is C33H45ClN4O6. The molecule has 1 aliphatic carbocycles. The van der Waals surface area contributed by atoms with Crippen molar-refractivity contribution in [2.45, 2.75) is 116 Å². The fourth-order valence-corrected chi connectivity index (χ4v) is 6.72. The van der Waals surface area contributed by atoms with Crippen molar-refractivity contribution >= 4 is 46.6 Å². The third-order valence-electron chi connectivity index (χ3n) is 8.91. The summed E-state index contributed by atoms with van der Waals surface area (Å²) in [4.78, 5) is 73.4. The molecule has 10 nitrogen and oxygen atoms in total. The average molecular weight is 629 g/mol. The number of rotatable bonds is 11. The van der Waals surface area contributed by atoms with Gasteiger partial charge in [-0.1, -0.05) is 75.8 Å². The molecule has 0 radical (unpaired) electrons. The lowest BCUT2D eigenvalue weighted by Crippen LogP contribution is -2.59. The lowest BCUT2D eigenvalue weighted by Gasteiger charge is -2.36. The van der Waals surface area contributed by atoms with Crippen LogP contribution < -0.4 is 10.6 Å². The minimum Gasteiger partial charge on any atom is -0.387 e. The highest BCUT2D eigenvalue weighted by Gasteiger charge is 2.55. The zero-order valence-corrected chi connectivity index (χ0v) is 27.2. The number of hydrogen-bond acceptors (Lipinski definition) is 7. The Morgan fingerprint density at radius 2 is 1.84 bits per heavy atom. The van der Waals surface area contributed by atoms with Gasteiger partial charge in [0.25, 0.3) is 0 Å². The highest BCUT2D eigenvalue weighted by molar-refractivity contribution is 6.38. The maximum absolute atomic E-state index is 14.4. The van der Waals surface area contributed by atoms with E-state index in [0.717, 1.165) is 31.2 Å². The molecule has 4 rings (SSSR count). The number of Topliss-reactive ketones (excluding diaryl/α,β-unsaturated/α-hetero) is 2. The highest BCUT2D eigenvalue weighted by atomic mass is 35.5. The molecule has 2 heterocycles. The van der Waals surface area contributed by atoms with Crippen molar-refractivity contribution in [3.8, 4) is 0 Å². The molecule has 3 aliphatic rings. The Labute approximate surface area is 264 Å². The quantitative estimate of drug-likeness (QED) is 0.350. The van der Waals surface area contributed by atoms with Crippen LogP contribution in [0, 0.1) is 11.3 Å². The Bertz CT molecular complexity index is 1320. The molecule has 1 aromatic rings. The molecule has 1 saturated heterocycles. The van der Waals surface area contributed by atoms with E-state index in [9.17, 15) is 24.0 Å². The first-order valence-electron chi connectivity index (χ1n) is 15.7. The van der Waals surface area contributed by atoms with Crippen molar-refractivity contribution in [1.82, 2.24) is 15.5 Å². The zero-order chi connectivity index (χ0) is 32.2. The first-order chi connectivity index (χ1) is 20.7. The number of benzene rings is 1. The number of oxime groups is 1. The van der Waals surface area contributed by atoms with Crippen molar-refractivity contribution < 1.29 is 28.8 Å². The van der Waals surface area contributed by atoms with E-state index in [-0.39, 0.29) is 25.3 Å². The molecule has 1 saturated carbocycles. The van der Waals surface area contributed by atoms with Gasteiger partial charge in [0.15, 0.2) is 11.4 Å². The number of halogens is 1. The average Bonchev–Trinajstić information content (AvgIpc) is 3.71. The van der Waals surface area contributed by atoms with Crippen molar-refractivity contribution in [2.75, 3.05) is 6.54 Å². The number of carbonyl (C=O) groups is 5. The van der Waals surface area contributed by atoms with E-state index >= 15 is 0 Å². The lowest BCUT2D eigenvalue weighted by molar-refractivity contribution is -0.145. The van der Waals surface area contributed by atoms with Gasteiger partial charge in [-0.05, 0) is 42.7 Å². The van der Waals surface area contributed by atoms with E-state index in [4.69, 9.17) is 16.4 Å². The minimum atomic E-state index is -1.01. The van der Waals surface area contributed by atoms with Crippen LogP contribution in [0.3, 0.4) is 0 Å². The van der Waals surface area contributed by atoms with Crippen LogP contribution >= 0.6 is 11.6 Å². The normalized spacial score (nSPS) is 23.2. The summed E-state index contributed by atoms with van der Waals surface area (Å²) in [5, 5.41) is 10.6. The number of hydrogen-bond donors (Lipinski definition) is 2. The lowest BCUT2D eigenvalue weighted by atomic mass is 9.85. The largest absolute Gasteiger partial charge is 0.387 e. The molecule has 0 unspecified atom stereocenters. The van der Waals surface area contributed by atoms with E-state index in [1.54, 1.807) is 12.1 Å². The topological polar surface area (TPSA) is 134 Å². The highest BCUT2D eigenvalue weighted by Crippen LogP contribution is 2.40. The van der Waals surface area contributed by atoms with Gasteiger partial charge < -0.3 is 20.4 Å². The van der Waals surface area contributed by atoms with E-state index in [2.05, 4.69) is 15.8 Å². The Morgan fingerprint density at radius 3 is 2.45 bits per heavy atom. The number of likely N-dealkylation sites (tertiary alicyclic amines) is 1. The fourth-order valence-electron chi connectivity index (χ4n) is 6.53. The van der Waals surface area contributed by atoms with Gasteiger partial charge in [0.2, 0.25) is 23.5 Å². The van der Waals surface area contributed by atoms with Crippen LogP contribution in [0.5, 0.6) is 0 Å². The molecule has 1 spiro atoms. The van der Waals surface area contributed by atoms with E-state index < -0.39 is 52.5 Å². The molecule has 240 valence electrons. The summed E-state index contributed by atoms with van der Waals surface area (Å²) in [5.41, 5.74) is -0.222. The van der Waals surface area contributed by atoms with E-state index in [1.165, 1.54) is 11.8 Å². The van der Waals surface area contributed by atoms with Crippen LogP contribution in [0.25, 0.3) is 0 Å². The fraction of sp³-hybridized carbons (Fsp3) is 0.636. The summed E-state index contributed by atoms with van der Waals surface area (Å²) < 4.78 is 0. The molecule has 1 aromatic carbocycles. The van der Waals surface area contributed by atoms with Crippen molar-refractivity contribution in [3.05, 3.63) is 34.9 Å². The summed E-state index contributed by atoms with van der Waals surface area (Å²) in [6, 6.07) is 4.32. The summed E-state index contributed by atoms with van der Waals surface area (Å²) in [6.07, 6.45) is 5.90. The summed E-state index contributed by atoms with van der Waals surface area (Å²) in [5.74, 6) is -2.15. The van der Waals surface area contributed by atoms with Gasteiger partial charge in [0.05, 0.1) is 18.3 Å². The third kappa shape index (κ3) is 7.86. The maximum Gasteiger partial charge on any atom is 0.246 e. The van der Waals surface area contributed by atoms with Crippen LogP contribution in [0.1, 0.15) is 98.0 Å². The van der Waals surface area contributed by atoms with Gasteiger partial charge in [-0.25, -0.2) is 0 Å². The Hall–Kier alpha value is -3.27. The first-order valence-corrected chi connectivity index (χ1v) is 16.1. The summed E-state index contributed by atoms with van der Waals surface area (Å²) in [7, 11) is 0. The van der Waals surface area contributed by atoms with Gasteiger partial charge in [0, 0.05) is 36.8 Å². The molecule has 2 N–H and O–H groups in total. The maximum atomic E-state index is 14.4. The van der Waals surface area contributed by atoms with Gasteiger partial charge in [-0.2, -0.15) is 0 Å². The second-order valence-corrected chi connectivity index (χ2v) is 14.1. The van der Waals surface area contributed by atoms with Crippen LogP contribution in [0.2, 0.25) is 5.02 Å². The second-order valence-electron chi connectivity index (χ2n) is 13.7. The third-order valence-corrected chi connectivity index (χ3v) is 9.14. The minimum absolute atomic E-state index is 0.0572. The predicted molar refractivity (Wildman–Crippen MR) is 167 cm³/mol. The summed E-state index contributed by atoms with van der Waals surface area (Å²) >= 11 is 6.21. The van der Waals surface area contributed by atoms with Crippen molar-refractivity contribution in [1.29, 1.82) is 0 Å². The Morgan fingerprint density at radius 1 is 1.14 bits per heavy atom. The standard InChI is InChI=1S/C33H45ClN4O6/c1-6-10-24(28(41)20(2)39)35-30(42)26-18-33(17-25(37-44-33)22-13-9-14-23(34)16-22)19-38(26)31(43)29(32(3,4)5)36-27(40)15-21-11-7-8-12-21/h9,13-14,16,21,24,26,29H,6-8,10-12,15,17-19H2,1-5H3,(H,35,42)(H,36,40)/t24-,26-,29+,33+/m0/s1. The first kappa shape index (κ1) is 33.6. The summed E-state index contributed by atoms with van der Waals surface area (Å²) in [6.45, 7) is 8.73. The number of amides is 3. The van der Waals surface area contributed by atoms with Crippen LogP contribution in [-0.4, -0.2) is 70.2 Å². The van der Waals surface area contributed by atoms with Crippen molar-refractivity contribution in [3.63, 3.8) is 0 Å². The van der Waals surface area contributed by atoms with Crippen LogP contribution in [0.4, 0.5) is 0 Å². The van der Waals surface area contributed by atoms with E-state index in [0.29, 0.717) is 35.9 Å². The molecule has 11 heteroatoms. The molecule has 3 amide bonds. The number of nitrogens with one attached hydrogen (secondary N) is 2. The van der Waals surface area contributed by atoms with Crippen molar-refractivity contribution in [2.24, 2.45) is 16.5 Å². The van der Waals surface area contributed by atoms with Gasteiger partial charge in [0.1, 0.15) is 12.1 Å². The van der Waals surface area contributed by atoms with E-state index in [1.807, 2.05) is 39.8 Å². The Kier molecular flexibility index (Phi) is 10.5. The predicted octanol–water partition coefficient (Wildman–Crippen LogP) is 4.36. The molecule has 44 heavy (non-hydrogen) atoms. The molecule has 0 bridgehead atoms. The van der Waals surface area contributed by atoms with Gasteiger partial charge >= 0.3 is 0 Å². The molecule has 2 fully saturated rings. The monoisotopic (exact) mass is 628 g/mol. The van der Waals surface area contributed by atoms with Gasteiger partial charge in [-0.3, -0.25) is 24.0 Å². The van der Waals surface area contributed by atoms with Gasteiger partial charge in [-0.15, -0.1) is 0 Å².